The maximum atomic E-state index is 9.35. The molecule has 0 heterocycles. The Balaban J connectivity index is 0.00000121. The molecule has 1 aromatic rings. The maximum Gasteiger partial charge on any atom is 0.118 e. The molecule has 12 heavy (non-hydrogen) atoms. The van der Waals surface area contributed by atoms with Crippen molar-refractivity contribution in [1.29, 1.82) is 0 Å². The minimum Gasteiger partial charge on any atom is -0.508 e. The largest absolute Gasteiger partial charge is 0.508 e. The summed E-state index contributed by atoms with van der Waals surface area (Å²) in [5, 5.41) is 9.35. The number of hydrogen-bond donors (Lipinski definition) is 2. The molecule has 2 heteroatoms. The third-order valence-electron chi connectivity index (χ3n) is 1.90. The second kappa shape index (κ2) is 4.12. The van der Waals surface area contributed by atoms with Crippen molar-refractivity contribution in [3.8, 4) is 5.75 Å². The van der Waals surface area contributed by atoms with Gasteiger partial charge in [-0.15, -0.1) is 0 Å². The van der Waals surface area contributed by atoms with Gasteiger partial charge in [0.05, 0.1) is 0 Å². The van der Waals surface area contributed by atoms with Gasteiger partial charge in [0.25, 0.3) is 0 Å². The van der Waals surface area contributed by atoms with Gasteiger partial charge in [0.2, 0.25) is 0 Å². The summed E-state index contributed by atoms with van der Waals surface area (Å²) in [6, 6.07) is 5.84. The average molecular weight is 167 g/mol. The lowest BCUT2D eigenvalue weighted by Crippen LogP contribution is -1.86. The number of aryl methyl sites for hydroxylation is 1. The molecule has 0 fully saturated rings. The van der Waals surface area contributed by atoms with E-state index in [2.05, 4.69) is 19.9 Å². The number of rotatable bonds is 1. The molecule has 0 amide bonds. The topological polar surface area (TPSA) is 55.2 Å². The number of phenols is 1. The first kappa shape index (κ1) is 11.0. The van der Waals surface area contributed by atoms with Crippen molar-refractivity contribution >= 4 is 0 Å². The first-order chi connectivity index (χ1) is 5.11. The molecule has 4 N–H and O–H groups in total. The summed E-state index contributed by atoms with van der Waals surface area (Å²) >= 11 is 0. The standard InChI is InChI=1S/C10H14O.H3N/c1-7(2)9-5-4-8(3)10(11)6-9;/h4-7,11H,1-3H3;1H3. The van der Waals surface area contributed by atoms with E-state index in [0.29, 0.717) is 11.7 Å². The molecule has 0 aliphatic rings. The Labute approximate surface area is 73.8 Å². The highest BCUT2D eigenvalue weighted by Crippen LogP contribution is 2.22. The number of benzene rings is 1. The molecule has 0 unspecified atom stereocenters. The Morgan fingerprint density at radius 2 is 1.83 bits per heavy atom. The molecule has 68 valence electrons. The van der Waals surface area contributed by atoms with Crippen molar-refractivity contribution < 1.29 is 5.11 Å². The van der Waals surface area contributed by atoms with Crippen LogP contribution in [0.25, 0.3) is 0 Å². The zero-order valence-electron chi connectivity index (χ0n) is 7.96. The summed E-state index contributed by atoms with van der Waals surface area (Å²) in [6.07, 6.45) is 0. The van der Waals surface area contributed by atoms with Gasteiger partial charge in [0, 0.05) is 0 Å². The van der Waals surface area contributed by atoms with E-state index in [9.17, 15) is 5.11 Å². The third kappa shape index (κ3) is 2.24. The van der Waals surface area contributed by atoms with Crippen molar-refractivity contribution in [2.45, 2.75) is 26.7 Å². The molecular formula is C10H17NO. The van der Waals surface area contributed by atoms with Crippen molar-refractivity contribution in [2.24, 2.45) is 0 Å². The Morgan fingerprint density at radius 3 is 2.25 bits per heavy atom. The van der Waals surface area contributed by atoms with Crippen LogP contribution in [0.3, 0.4) is 0 Å². The predicted octanol–water partition coefficient (Wildman–Crippen LogP) is 2.99. The van der Waals surface area contributed by atoms with E-state index in [0.717, 1.165) is 5.56 Å². The second-order valence-electron chi connectivity index (χ2n) is 3.20. The second-order valence-corrected chi connectivity index (χ2v) is 3.20. The minimum absolute atomic E-state index is 0. The first-order valence-corrected chi connectivity index (χ1v) is 3.91. The lowest BCUT2D eigenvalue weighted by Gasteiger charge is -2.06. The minimum atomic E-state index is 0. The van der Waals surface area contributed by atoms with Gasteiger partial charge in [-0.2, -0.15) is 0 Å². The van der Waals surface area contributed by atoms with Crippen LogP contribution in [0.15, 0.2) is 18.2 Å². The Bertz CT molecular complexity index is 256. The van der Waals surface area contributed by atoms with Crippen LogP contribution in [0.5, 0.6) is 5.75 Å². The van der Waals surface area contributed by atoms with E-state index in [1.807, 2.05) is 19.1 Å². The van der Waals surface area contributed by atoms with Crippen LogP contribution >= 0.6 is 0 Å². The quantitative estimate of drug-likeness (QED) is 0.675. The van der Waals surface area contributed by atoms with E-state index in [1.165, 1.54) is 5.56 Å². The van der Waals surface area contributed by atoms with E-state index in [-0.39, 0.29) is 6.15 Å². The molecule has 0 aromatic heterocycles. The zero-order chi connectivity index (χ0) is 8.43. The van der Waals surface area contributed by atoms with E-state index >= 15 is 0 Å². The Kier molecular flexibility index (Phi) is 3.77. The molecule has 2 nitrogen and oxygen atoms in total. The first-order valence-electron chi connectivity index (χ1n) is 3.91. The van der Waals surface area contributed by atoms with E-state index in [1.54, 1.807) is 0 Å². The van der Waals surface area contributed by atoms with E-state index < -0.39 is 0 Å². The molecule has 0 saturated heterocycles. The van der Waals surface area contributed by atoms with Gasteiger partial charge in [-0.05, 0) is 30.0 Å². The smallest absolute Gasteiger partial charge is 0.118 e. The summed E-state index contributed by atoms with van der Waals surface area (Å²) < 4.78 is 0. The normalized spacial score (nSPS) is 9.67. The van der Waals surface area contributed by atoms with Crippen LogP contribution in [0, 0.1) is 6.92 Å². The predicted molar refractivity (Wildman–Crippen MR) is 52.0 cm³/mol. The van der Waals surface area contributed by atoms with E-state index in [4.69, 9.17) is 0 Å². The summed E-state index contributed by atoms with van der Waals surface area (Å²) in [5.41, 5.74) is 2.13. The van der Waals surface area contributed by atoms with Gasteiger partial charge >= 0.3 is 0 Å². The van der Waals surface area contributed by atoms with Crippen molar-refractivity contribution in [2.75, 3.05) is 0 Å². The lowest BCUT2D eigenvalue weighted by molar-refractivity contribution is 0.470. The molecule has 0 saturated carbocycles. The fourth-order valence-electron chi connectivity index (χ4n) is 0.986. The van der Waals surface area contributed by atoms with Gasteiger partial charge in [0.15, 0.2) is 0 Å². The summed E-state index contributed by atoms with van der Waals surface area (Å²) in [6.45, 7) is 6.13. The fourth-order valence-corrected chi connectivity index (χ4v) is 0.986. The van der Waals surface area contributed by atoms with Crippen LogP contribution in [-0.4, -0.2) is 5.11 Å². The zero-order valence-corrected chi connectivity index (χ0v) is 7.96. The monoisotopic (exact) mass is 167 g/mol. The van der Waals surface area contributed by atoms with Crippen molar-refractivity contribution in [1.82, 2.24) is 6.15 Å². The molecule has 1 aromatic carbocycles. The summed E-state index contributed by atoms with van der Waals surface area (Å²) in [4.78, 5) is 0. The fraction of sp³-hybridized carbons (Fsp3) is 0.400. The molecule has 1 rings (SSSR count). The molecule has 0 spiro atoms. The number of aromatic hydroxyl groups is 1. The Morgan fingerprint density at radius 1 is 1.25 bits per heavy atom. The van der Waals surface area contributed by atoms with Crippen molar-refractivity contribution in [3.05, 3.63) is 29.3 Å². The highest BCUT2D eigenvalue weighted by Gasteiger charge is 2.00. The highest BCUT2D eigenvalue weighted by atomic mass is 16.3. The van der Waals surface area contributed by atoms with Gasteiger partial charge in [-0.3, -0.25) is 0 Å². The van der Waals surface area contributed by atoms with Crippen LogP contribution in [0.4, 0.5) is 0 Å². The summed E-state index contributed by atoms with van der Waals surface area (Å²) in [5.74, 6) is 0.887. The lowest BCUT2D eigenvalue weighted by atomic mass is 10.0. The van der Waals surface area contributed by atoms with Gasteiger partial charge in [-0.1, -0.05) is 26.0 Å². The third-order valence-corrected chi connectivity index (χ3v) is 1.90. The van der Waals surface area contributed by atoms with Gasteiger partial charge in [-0.25, -0.2) is 0 Å². The molecule has 0 bridgehead atoms. The molecule has 0 aliphatic carbocycles. The number of hydrogen-bond acceptors (Lipinski definition) is 2. The molecule has 0 radical (unpaired) electrons. The van der Waals surface area contributed by atoms with Crippen LogP contribution in [0.2, 0.25) is 0 Å². The van der Waals surface area contributed by atoms with Crippen LogP contribution in [-0.2, 0) is 0 Å². The van der Waals surface area contributed by atoms with Gasteiger partial charge < -0.3 is 11.3 Å². The molecular weight excluding hydrogens is 150 g/mol. The molecule has 0 aliphatic heterocycles. The van der Waals surface area contributed by atoms with Crippen LogP contribution < -0.4 is 6.15 Å². The van der Waals surface area contributed by atoms with Gasteiger partial charge in [0.1, 0.15) is 5.75 Å². The summed E-state index contributed by atoms with van der Waals surface area (Å²) in [7, 11) is 0. The Hall–Kier alpha value is -1.02. The molecule has 0 atom stereocenters. The maximum absolute atomic E-state index is 9.35. The van der Waals surface area contributed by atoms with Crippen molar-refractivity contribution in [3.63, 3.8) is 0 Å². The average Bonchev–Trinajstić information content (AvgIpc) is 1.94. The highest BCUT2D eigenvalue weighted by molar-refractivity contribution is 5.36. The number of phenolic OH excluding ortho intramolecular Hbond substituents is 1. The SMILES string of the molecule is Cc1ccc(C(C)C)cc1O.N. The van der Waals surface area contributed by atoms with Crippen LogP contribution in [0.1, 0.15) is 30.9 Å².